The van der Waals surface area contributed by atoms with Gasteiger partial charge in [-0.2, -0.15) is 0 Å². The zero-order valence-electron chi connectivity index (χ0n) is 10.8. The number of aromatic nitrogens is 1. The van der Waals surface area contributed by atoms with E-state index in [-0.39, 0.29) is 11.7 Å². The minimum absolute atomic E-state index is 0.000704. The second-order valence-corrected chi connectivity index (χ2v) is 4.34. The minimum Gasteiger partial charge on any atom is -0.322 e. The SMILES string of the molecule is CC(=O)c1ccc(NC(=O)c2cncc(C)c2)cc1. The summed E-state index contributed by atoms with van der Waals surface area (Å²) in [4.78, 5) is 27.1. The number of hydrogen-bond donors (Lipinski definition) is 1. The Morgan fingerprint density at radius 2 is 1.74 bits per heavy atom. The molecule has 0 saturated heterocycles. The van der Waals surface area contributed by atoms with Crippen molar-refractivity contribution in [3.05, 3.63) is 59.4 Å². The first-order valence-corrected chi connectivity index (χ1v) is 5.90. The molecule has 1 heterocycles. The predicted octanol–water partition coefficient (Wildman–Crippen LogP) is 2.84. The Balaban J connectivity index is 2.13. The Morgan fingerprint density at radius 3 is 2.32 bits per heavy atom. The van der Waals surface area contributed by atoms with Crippen LogP contribution >= 0.6 is 0 Å². The predicted molar refractivity (Wildman–Crippen MR) is 73.4 cm³/mol. The van der Waals surface area contributed by atoms with E-state index < -0.39 is 0 Å². The summed E-state index contributed by atoms with van der Waals surface area (Å²) >= 11 is 0. The van der Waals surface area contributed by atoms with Crippen molar-refractivity contribution in [2.75, 3.05) is 5.32 Å². The molecule has 0 atom stereocenters. The minimum atomic E-state index is -0.216. The zero-order valence-corrected chi connectivity index (χ0v) is 10.8. The molecule has 0 saturated carbocycles. The average molecular weight is 254 g/mol. The summed E-state index contributed by atoms with van der Waals surface area (Å²) in [6.07, 6.45) is 3.21. The van der Waals surface area contributed by atoms with E-state index in [4.69, 9.17) is 0 Å². The molecule has 4 nitrogen and oxygen atoms in total. The van der Waals surface area contributed by atoms with E-state index in [1.165, 1.54) is 13.1 Å². The summed E-state index contributed by atoms with van der Waals surface area (Å²) in [5, 5.41) is 2.76. The topological polar surface area (TPSA) is 59.1 Å². The van der Waals surface area contributed by atoms with Crippen LogP contribution in [0.1, 0.15) is 33.2 Å². The van der Waals surface area contributed by atoms with Crippen molar-refractivity contribution >= 4 is 17.4 Å². The number of nitrogens with zero attached hydrogens (tertiary/aromatic N) is 1. The second kappa shape index (κ2) is 5.44. The van der Waals surface area contributed by atoms with Crippen LogP contribution in [-0.4, -0.2) is 16.7 Å². The van der Waals surface area contributed by atoms with E-state index in [1.807, 2.05) is 6.92 Å². The van der Waals surface area contributed by atoms with E-state index in [1.54, 1.807) is 36.5 Å². The number of aryl methyl sites for hydroxylation is 1. The number of nitrogens with one attached hydrogen (secondary N) is 1. The lowest BCUT2D eigenvalue weighted by Crippen LogP contribution is -2.12. The number of amides is 1. The third-order valence-electron chi connectivity index (χ3n) is 2.69. The van der Waals surface area contributed by atoms with Gasteiger partial charge in [0.05, 0.1) is 5.56 Å². The molecule has 2 rings (SSSR count). The second-order valence-electron chi connectivity index (χ2n) is 4.34. The van der Waals surface area contributed by atoms with Gasteiger partial charge in [-0.25, -0.2) is 0 Å². The first-order valence-electron chi connectivity index (χ1n) is 5.90. The number of rotatable bonds is 3. The first-order chi connectivity index (χ1) is 9.06. The third-order valence-corrected chi connectivity index (χ3v) is 2.69. The van der Waals surface area contributed by atoms with Crippen molar-refractivity contribution in [1.29, 1.82) is 0 Å². The maximum absolute atomic E-state index is 12.0. The molecule has 1 N–H and O–H groups in total. The lowest BCUT2D eigenvalue weighted by Gasteiger charge is -2.06. The van der Waals surface area contributed by atoms with E-state index in [2.05, 4.69) is 10.3 Å². The smallest absolute Gasteiger partial charge is 0.257 e. The molecule has 1 amide bonds. The molecule has 1 aromatic carbocycles. The van der Waals surface area contributed by atoms with E-state index in [0.717, 1.165) is 5.56 Å². The third kappa shape index (κ3) is 3.25. The Hall–Kier alpha value is -2.49. The van der Waals surface area contributed by atoms with Crippen LogP contribution in [0.3, 0.4) is 0 Å². The van der Waals surface area contributed by atoms with Gasteiger partial charge in [-0.15, -0.1) is 0 Å². The number of carbonyl (C=O) groups is 2. The normalized spacial score (nSPS) is 10.0. The maximum atomic E-state index is 12.0. The van der Waals surface area contributed by atoms with Crippen LogP contribution in [-0.2, 0) is 0 Å². The number of carbonyl (C=O) groups excluding carboxylic acids is 2. The molecule has 0 aliphatic rings. The lowest BCUT2D eigenvalue weighted by atomic mass is 10.1. The Morgan fingerprint density at radius 1 is 1.05 bits per heavy atom. The monoisotopic (exact) mass is 254 g/mol. The zero-order chi connectivity index (χ0) is 13.8. The van der Waals surface area contributed by atoms with Crippen molar-refractivity contribution in [3.63, 3.8) is 0 Å². The van der Waals surface area contributed by atoms with Crippen LogP contribution in [0.5, 0.6) is 0 Å². The van der Waals surface area contributed by atoms with Gasteiger partial charge in [0.1, 0.15) is 0 Å². The molecule has 0 aliphatic carbocycles. The van der Waals surface area contributed by atoms with Gasteiger partial charge in [0, 0.05) is 23.6 Å². The molecule has 0 bridgehead atoms. The van der Waals surface area contributed by atoms with Crippen molar-refractivity contribution in [2.45, 2.75) is 13.8 Å². The quantitative estimate of drug-likeness (QED) is 0.857. The van der Waals surface area contributed by atoms with Crippen LogP contribution < -0.4 is 5.32 Å². The van der Waals surface area contributed by atoms with Crippen molar-refractivity contribution in [1.82, 2.24) is 4.98 Å². The van der Waals surface area contributed by atoms with Gasteiger partial charge in [0.15, 0.2) is 5.78 Å². The number of anilines is 1. The summed E-state index contributed by atoms with van der Waals surface area (Å²) in [7, 11) is 0. The molecule has 0 unspecified atom stereocenters. The summed E-state index contributed by atoms with van der Waals surface area (Å²) in [6.45, 7) is 3.39. The van der Waals surface area contributed by atoms with Gasteiger partial charge >= 0.3 is 0 Å². The van der Waals surface area contributed by atoms with Gasteiger partial charge in [-0.3, -0.25) is 14.6 Å². The number of pyridine rings is 1. The number of benzene rings is 1. The van der Waals surface area contributed by atoms with Crippen LogP contribution in [0.25, 0.3) is 0 Å². The van der Waals surface area contributed by atoms with Gasteiger partial charge in [0.25, 0.3) is 5.91 Å². The highest BCUT2D eigenvalue weighted by Gasteiger charge is 2.07. The fourth-order valence-corrected chi connectivity index (χ4v) is 1.67. The summed E-state index contributed by atoms with van der Waals surface area (Å²) in [5.74, 6) is -0.215. The Bertz CT molecular complexity index is 618. The molecule has 1 aromatic heterocycles. The number of hydrogen-bond acceptors (Lipinski definition) is 3. The maximum Gasteiger partial charge on any atom is 0.257 e. The first kappa shape index (κ1) is 13.0. The molecule has 0 radical (unpaired) electrons. The Kier molecular flexibility index (Phi) is 3.71. The fourth-order valence-electron chi connectivity index (χ4n) is 1.67. The molecule has 19 heavy (non-hydrogen) atoms. The molecule has 4 heteroatoms. The summed E-state index contributed by atoms with van der Waals surface area (Å²) in [6, 6.07) is 8.56. The van der Waals surface area contributed by atoms with Crippen molar-refractivity contribution in [3.8, 4) is 0 Å². The fraction of sp³-hybridized carbons (Fsp3) is 0.133. The van der Waals surface area contributed by atoms with Gasteiger partial charge < -0.3 is 5.32 Å². The highest BCUT2D eigenvalue weighted by atomic mass is 16.1. The number of ketones is 1. The van der Waals surface area contributed by atoms with Gasteiger partial charge in [0.2, 0.25) is 0 Å². The highest BCUT2D eigenvalue weighted by molar-refractivity contribution is 6.04. The van der Waals surface area contributed by atoms with Crippen LogP contribution in [0.2, 0.25) is 0 Å². The van der Waals surface area contributed by atoms with Crippen molar-refractivity contribution in [2.24, 2.45) is 0 Å². The molecule has 96 valence electrons. The standard InChI is InChI=1S/C15H14N2O2/c1-10-7-13(9-16-8-10)15(19)17-14-5-3-12(4-6-14)11(2)18/h3-9H,1-2H3,(H,17,19). The van der Waals surface area contributed by atoms with Gasteiger partial charge in [-0.1, -0.05) is 0 Å². The highest BCUT2D eigenvalue weighted by Crippen LogP contribution is 2.12. The molecule has 0 fully saturated rings. The lowest BCUT2D eigenvalue weighted by molar-refractivity contribution is 0.101. The average Bonchev–Trinajstić information content (AvgIpc) is 2.39. The van der Waals surface area contributed by atoms with Crippen LogP contribution in [0, 0.1) is 6.92 Å². The molecule has 0 aliphatic heterocycles. The van der Waals surface area contributed by atoms with Gasteiger partial charge in [-0.05, 0) is 49.7 Å². The largest absolute Gasteiger partial charge is 0.322 e. The summed E-state index contributed by atoms with van der Waals surface area (Å²) in [5.41, 5.74) is 2.71. The van der Waals surface area contributed by atoms with Crippen LogP contribution in [0.4, 0.5) is 5.69 Å². The summed E-state index contributed by atoms with van der Waals surface area (Å²) < 4.78 is 0. The van der Waals surface area contributed by atoms with Crippen LogP contribution in [0.15, 0.2) is 42.7 Å². The van der Waals surface area contributed by atoms with Crippen molar-refractivity contribution < 1.29 is 9.59 Å². The molecule has 2 aromatic rings. The Labute approximate surface area is 111 Å². The van der Waals surface area contributed by atoms with E-state index in [9.17, 15) is 9.59 Å². The molecular formula is C15H14N2O2. The molecule has 0 spiro atoms. The van der Waals surface area contributed by atoms with E-state index in [0.29, 0.717) is 16.8 Å². The van der Waals surface area contributed by atoms with E-state index >= 15 is 0 Å². The molecular weight excluding hydrogens is 240 g/mol. The number of Topliss-reactive ketones (excluding diaryl/α,β-unsaturated/α-hetero) is 1.